The molecule has 5 heteroatoms. The van der Waals surface area contributed by atoms with Gasteiger partial charge in [0.2, 0.25) is 5.91 Å². The second kappa shape index (κ2) is 5.30. The minimum atomic E-state index is -0.329. The molecule has 2 aromatic rings. The Kier molecular flexibility index (Phi) is 3.23. The number of hydrogen-bond acceptors (Lipinski definition) is 3. The summed E-state index contributed by atoms with van der Waals surface area (Å²) in [6, 6.07) is 12.1. The largest absolute Gasteiger partial charge is 0.326 e. The second-order valence-corrected chi connectivity index (χ2v) is 6.20. The Balaban J connectivity index is 1.71. The molecule has 3 amide bonds. The number of imide groups is 1. The van der Waals surface area contributed by atoms with Gasteiger partial charge in [0.15, 0.2) is 0 Å². The molecule has 24 heavy (non-hydrogen) atoms. The predicted octanol–water partition coefficient (Wildman–Crippen LogP) is 3.14. The number of fused-ring (bicyclic) bond motifs is 1. The maximum atomic E-state index is 12.6. The van der Waals surface area contributed by atoms with Gasteiger partial charge in [0.1, 0.15) is 0 Å². The molecule has 0 radical (unpaired) electrons. The summed E-state index contributed by atoms with van der Waals surface area (Å²) in [7, 11) is 0. The van der Waals surface area contributed by atoms with Gasteiger partial charge in [-0.1, -0.05) is 18.2 Å². The standard InChI is InChI=1S/C19H16N2O3/c1-11-15(20-17(22)12-9-10-12)7-4-8-16(11)21-18(23)13-5-2-3-6-14(13)19(21)24/h2-8,12H,9-10H2,1H3,(H,20,22). The highest BCUT2D eigenvalue weighted by atomic mass is 16.2. The first kappa shape index (κ1) is 14.6. The summed E-state index contributed by atoms with van der Waals surface area (Å²) < 4.78 is 0. The summed E-state index contributed by atoms with van der Waals surface area (Å²) in [5.74, 6) is -0.571. The van der Waals surface area contributed by atoms with Gasteiger partial charge in [-0.15, -0.1) is 0 Å². The zero-order valence-corrected chi connectivity index (χ0v) is 13.2. The Morgan fingerprint density at radius 1 is 1.00 bits per heavy atom. The molecule has 1 fully saturated rings. The van der Waals surface area contributed by atoms with E-state index in [-0.39, 0.29) is 23.6 Å². The number of amides is 3. The van der Waals surface area contributed by atoms with E-state index in [1.807, 2.05) is 0 Å². The topological polar surface area (TPSA) is 66.5 Å². The summed E-state index contributed by atoms with van der Waals surface area (Å²) in [5, 5.41) is 2.90. The summed E-state index contributed by atoms with van der Waals surface area (Å²) in [5.41, 5.74) is 2.68. The lowest BCUT2D eigenvalue weighted by atomic mass is 10.1. The van der Waals surface area contributed by atoms with Gasteiger partial charge in [-0.3, -0.25) is 14.4 Å². The molecule has 1 heterocycles. The zero-order valence-electron chi connectivity index (χ0n) is 13.2. The third-order valence-corrected chi connectivity index (χ3v) is 4.55. The first-order valence-electron chi connectivity index (χ1n) is 7.96. The van der Waals surface area contributed by atoms with Crippen molar-refractivity contribution in [3.05, 3.63) is 59.2 Å². The van der Waals surface area contributed by atoms with Gasteiger partial charge in [-0.25, -0.2) is 4.90 Å². The number of benzene rings is 2. The number of hydrogen-bond donors (Lipinski definition) is 1. The first-order valence-corrected chi connectivity index (χ1v) is 7.96. The van der Waals surface area contributed by atoms with E-state index in [1.54, 1.807) is 49.4 Å². The maximum Gasteiger partial charge on any atom is 0.266 e. The quantitative estimate of drug-likeness (QED) is 0.884. The average Bonchev–Trinajstić information content (AvgIpc) is 3.39. The van der Waals surface area contributed by atoms with Crippen molar-refractivity contribution in [2.75, 3.05) is 10.2 Å². The van der Waals surface area contributed by atoms with Gasteiger partial charge >= 0.3 is 0 Å². The molecule has 1 aliphatic carbocycles. The molecule has 1 aliphatic heterocycles. The Morgan fingerprint density at radius 3 is 2.21 bits per heavy atom. The molecular formula is C19H16N2O3. The van der Waals surface area contributed by atoms with Crippen molar-refractivity contribution in [3.63, 3.8) is 0 Å². The first-order chi connectivity index (χ1) is 11.6. The fourth-order valence-corrected chi connectivity index (χ4v) is 2.99. The summed E-state index contributed by atoms with van der Waals surface area (Å²) in [6.07, 6.45) is 1.84. The van der Waals surface area contributed by atoms with Crippen LogP contribution in [0.15, 0.2) is 42.5 Å². The lowest BCUT2D eigenvalue weighted by Gasteiger charge is -2.19. The molecule has 1 N–H and O–H groups in total. The zero-order chi connectivity index (χ0) is 16.8. The lowest BCUT2D eigenvalue weighted by Crippen LogP contribution is -2.30. The molecule has 0 spiro atoms. The summed E-state index contributed by atoms with van der Waals surface area (Å²) in [4.78, 5) is 38.5. The highest BCUT2D eigenvalue weighted by molar-refractivity contribution is 6.34. The molecule has 0 atom stereocenters. The van der Waals surface area contributed by atoms with Crippen LogP contribution in [-0.4, -0.2) is 17.7 Å². The van der Waals surface area contributed by atoms with Crippen LogP contribution >= 0.6 is 0 Å². The minimum Gasteiger partial charge on any atom is -0.326 e. The van der Waals surface area contributed by atoms with E-state index in [4.69, 9.17) is 0 Å². The number of carbonyl (C=O) groups excluding carboxylic acids is 3. The third kappa shape index (κ3) is 2.21. The van der Waals surface area contributed by atoms with Crippen LogP contribution in [0.4, 0.5) is 11.4 Å². The van der Waals surface area contributed by atoms with E-state index in [9.17, 15) is 14.4 Å². The van der Waals surface area contributed by atoms with Gasteiger partial charge in [0, 0.05) is 11.6 Å². The van der Waals surface area contributed by atoms with Crippen molar-refractivity contribution in [2.24, 2.45) is 5.92 Å². The Bertz CT molecular complexity index is 849. The highest BCUT2D eigenvalue weighted by Gasteiger charge is 2.37. The summed E-state index contributed by atoms with van der Waals surface area (Å²) in [6.45, 7) is 1.81. The number of rotatable bonds is 3. The van der Waals surface area contributed by atoms with Crippen molar-refractivity contribution < 1.29 is 14.4 Å². The normalized spacial score (nSPS) is 16.3. The van der Waals surface area contributed by atoms with E-state index in [0.717, 1.165) is 12.8 Å². The van der Waals surface area contributed by atoms with Gasteiger partial charge in [-0.2, -0.15) is 0 Å². The second-order valence-electron chi connectivity index (χ2n) is 6.20. The number of carbonyl (C=O) groups is 3. The molecule has 1 saturated carbocycles. The Morgan fingerprint density at radius 2 is 1.62 bits per heavy atom. The third-order valence-electron chi connectivity index (χ3n) is 4.55. The van der Waals surface area contributed by atoms with Crippen molar-refractivity contribution in [1.29, 1.82) is 0 Å². The van der Waals surface area contributed by atoms with Crippen LogP contribution in [-0.2, 0) is 4.79 Å². The van der Waals surface area contributed by atoms with Crippen LogP contribution in [0.3, 0.4) is 0 Å². The molecule has 0 bridgehead atoms. The van der Waals surface area contributed by atoms with Crippen molar-refractivity contribution >= 4 is 29.1 Å². The molecule has 2 aliphatic rings. The highest BCUT2D eigenvalue weighted by Crippen LogP contribution is 2.35. The Labute approximate surface area is 139 Å². The molecule has 2 aromatic carbocycles. The monoisotopic (exact) mass is 320 g/mol. The molecule has 120 valence electrons. The number of nitrogens with one attached hydrogen (secondary N) is 1. The smallest absolute Gasteiger partial charge is 0.266 e. The molecule has 4 rings (SSSR count). The average molecular weight is 320 g/mol. The van der Waals surface area contributed by atoms with E-state index in [2.05, 4.69) is 5.32 Å². The molecule has 0 unspecified atom stereocenters. The lowest BCUT2D eigenvalue weighted by molar-refractivity contribution is -0.117. The molecule has 0 aromatic heterocycles. The maximum absolute atomic E-state index is 12.6. The van der Waals surface area contributed by atoms with Crippen molar-refractivity contribution in [3.8, 4) is 0 Å². The van der Waals surface area contributed by atoms with Crippen LogP contribution in [0.2, 0.25) is 0 Å². The fraction of sp³-hybridized carbons (Fsp3) is 0.211. The van der Waals surface area contributed by atoms with Crippen LogP contribution in [0.25, 0.3) is 0 Å². The number of anilines is 2. The predicted molar refractivity (Wildman–Crippen MR) is 90.1 cm³/mol. The molecule has 0 saturated heterocycles. The van der Waals surface area contributed by atoms with Crippen LogP contribution in [0.1, 0.15) is 39.1 Å². The van der Waals surface area contributed by atoms with E-state index in [1.165, 1.54) is 4.90 Å². The SMILES string of the molecule is Cc1c(NC(=O)C2CC2)cccc1N1C(=O)c2ccccc2C1=O. The summed E-state index contributed by atoms with van der Waals surface area (Å²) >= 11 is 0. The van der Waals surface area contributed by atoms with E-state index in [0.29, 0.717) is 28.1 Å². The van der Waals surface area contributed by atoms with E-state index >= 15 is 0 Å². The minimum absolute atomic E-state index is 0.00221. The van der Waals surface area contributed by atoms with Crippen LogP contribution in [0, 0.1) is 12.8 Å². The Hall–Kier alpha value is -2.95. The van der Waals surface area contributed by atoms with Gasteiger partial charge in [0.25, 0.3) is 11.8 Å². The van der Waals surface area contributed by atoms with Gasteiger partial charge in [-0.05, 0) is 49.6 Å². The number of nitrogens with zero attached hydrogens (tertiary/aromatic N) is 1. The fourth-order valence-electron chi connectivity index (χ4n) is 2.99. The van der Waals surface area contributed by atoms with Crippen LogP contribution in [0.5, 0.6) is 0 Å². The van der Waals surface area contributed by atoms with Crippen molar-refractivity contribution in [1.82, 2.24) is 0 Å². The van der Waals surface area contributed by atoms with Crippen LogP contribution < -0.4 is 10.2 Å². The van der Waals surface area contributed by atoms with Crippen molar-refractivity contribution in [2.45, 2.75) is 19.8 Å². The molecular weight excluding hydrogens is 304 g/mol. The van der Waals surface area contributed by atoms with Gasteiger partial charge in [0.05, 0.1) is 16.8 Å². The van der Waals surface area contributed by atoms with E-state index < -0.39 is 0 Å². The van der Waals surface area contributed by atoms with Gasteiger partial charge < -0.3 is 5.32 Å². The molecule has 5 nitrogen and oxygen atoms in total.